The van der Waals surface area contributed by atoms with E-state index in [-0.39, 0.29) is 0 Å². The number of hydrogen-bond donors (Lipinski definition) is 1. The van der Waals surface area contributed by atoms with Crippen LogP contribution in [0.1, 0.15) is 10.8 Å². The highest BCUT2D eigenvalue weighted by Gasteiger charge is 2.30. The molecule has 2 aromatic rings. The van der Waals surface area contributed by atoms with Crippen molar-refractivity contribution in [2.75, 3.05) is 6.54 Å². The van der Waals surface area contributed by atoms with Crippen LogP contribution < -0.4 is 5.73 Å². The van der Waals surface area contributed by atoms with E-state index in [2.05, 4.69) is 5.73 Å². The van der Waals surface area contributed by atoms with Crippen LogP contribution in [0.25, 0.3) is 0 Å². The van der Waals surface area contributed by atoms with Crippen LogP contribution in [0.2, 0.25) is 5.02 Å². The molecule has 0 aliphatic carbocycles. The molecule has 2 rings (SSSR count). The summed E-state index contributed by atoms with van der Waals surface area (Å²) in [4.78, 5) is 0. The Balaban J connectivity index is 2.43. The van der Waals surface area contributed by atoms with E-state index >= 15 is 0 Å². The molecule has 6 heteroatoms. The lowest BCUT2D eigenvalue weighted by atomic mass is 10.1. The maximum atomic E-state index is 12.4. The maximum absolute atomic E-state index is 12.4. The van der Waals surface area contributed by atoms with Crippen molar-refractivity contribution < 1.29 is 14.2 Å². The van der Waals surface area contributed by atoms with Gasteiger partial charge in [-0.3, -0.25) is 0 Å². The Hall–Kier alpha value is -0.880. The molecular formula is C12H13ClNO2S2+. The highest BCUT2D eigenvalue weighted by molar-refractivity contribution is 7.93. The van der Waals surface area contributed by atoms with E-state index in [9.17, 15) is 8.42 Å². The number of thiophene rings is 1. The zero-order valence-corrected chi connectivity index (χ0v) is 11.9. The van der Waals surface area contributed by atoms with Gasteiger partial charge in [0.05, 0.1) is 6.54 Å². The molecule has 1 aromatic carbocycles. The van der Waals surface area contributed by atoms with Gasteiger partial charge in [-0.2, -0.15) is 0 Å². The molecule has 0 unspecified atom stereocenters. The molecule has 0 aliphatic heterocycles. The third-order valence-corrected chi connectivity index (χ3v) is 6.51. The monoisotopic (exact) mass is 302 g/mol. The minimum absolute atomic E-state index is 0.294. The number of sulfone groups is 1. The Morgan fingerprint density at radius 3 is 2.39 bits per heavy atom. The topological polar surface area (TPSA) is 61.8 Å². The molecule has 0 amide bonds. The highest BCUT2D eigenvalue weighted by Crippen LogP contribution is 2.30. The van der Waals surface area contributed by atoms with E-state index in [1.807, 2.05) is 0 Å². The minimum atomic E-state index is -3.36. The average molecular weight is 303 g/mol. The number of benzene rings is 1. The summed E-state index contributed by atoms with van der Waals surface area (Å²) in [6, 6.07) is 10.2. The molecule has 0 spiro atoms. The Morgan fingerprint density at radius 1 is 1.22 bits per heavy atom. The first kappa shape index (κ1) is 13.5. The van der Waals surface area contributed by atoms with Gasteiger partial charge in [-0.05, 0) is 29.1 Å². The van der Waals surface area contributed by atoms with E-state index in [4.69, 9.17) is 11.6 Å². The summed E-state index contributed by atoms with van der Waals surface area (Å²) in [7, 11) is -3.36. The molecule has 3 N–H and O–H groups in total. The second kappa shape index (κ2) is 5.40. The van der Waals surface area contributed by atoms with E-state index in [1.165, 1.54) is 11.3 Å². The first-order valence-corrected chi connectivity index (χ1v) is 8.18. The number of hydrogen-bond acceptors (Lipinski definition) is 3. The summed E-state index contributed by atoms with van der Waals surface area (Å²) in [5, 5.41) is 1.73. The summed E-state index contributed by atoms with van der Waals surface area (Å²) >= 11 is 7.04. The van der Waals surface area contributed by atoms with Crippen molar-refractivity contribution >= 4 is 32.8 Å². The van der Waals surface area contributed by atoms with Gasteiger partial charge in [-0.15, -0.1) is 11.3 Å². The van der Waals surface area contributed by atoms with Crippen molar-refractivity contribution in [3.63, 3.8) is 0 Å². The van der Waals surface area contributed by atoms with Crippen molar-refractivity contribution in [3.8, 4) is 0 Å². The molecule has 0 fully saturated rings. The van der Waals surface area contributed by atoms with Crippen LogP contribution in [-0.2, 0) is 9.84 Å². The number of rotatable bonds is 4. The molecule has 1 aromatic heterocycles. The van der Waals surface area contributed by atoms with E-state index < -0.39 is 15.1 Å². The molecule has 0 radical (unpaired) electrons. The molecule has 3 nitrogen and oxygen atoms in total. The summed E-state index contributed by atoms with van der Waals surface area (Å²) < 4.78 is 25.3. The third kappa shape index (κ3) is 2.59. The number of quaternary nitrogens is 1. The Morgan fingerprint density at radius 2 is 1.89 bits per heavy atom. The predicted molar refractivity (Wildman–Crippen MR) is 73.5 cm³/mol. The molecule has 1 atom stereocenters. The quantitative estimate of drug-likeness (QED) is 0.941. The van der Waals surface area contributed by atoms with Gasteiger partial charge in [-0.1, -0.05) is 29.8 Å². The van der Waals surface area contributed by atoms with E-state index in [0.717, 1.165) is 5.56 Å². The summed E-state index contributed by atoms with van der Waals surface area (Å²) in [5.74, 6) is 0. The Bertz CT molecular complexity index is 606. The van der Waals surface area contributed by atoms with Crippen LogP contribution in [0.4, 0.5) is 0 Å². The second-order valence-corrected chi connectivity index (χ2v) is 7.55. The maximum Gasteiger partial charge on any atom is 0.200 e. The Labute approximate surface area is 115 Å². The fourth-order valence-corrected chi connectivity index (χ4v) is 4.74. The van der Waals surface area contributed by atoms with Gasteiger partial charge in [0.2, 0.25) is 0 Å². The van der Waals surface area contributed by atoms with Crippen LogP contribution in [-0.4, -0.2) is 15.0 Å². The van der Waals surface area contributed by atoms with Crippen LogP contribution >= 0.6 is 22.9 Å². The Kier molecular flexibility index (Phi) is 4.07. The molecular weight excluding hydrogens is 290 g/mol. The largest absolute Gasteiger partial charge is 0.356 e. The van der Waals surface area contributed by atoms with Crippen molar-refractivity contribution in [2.45, 2.75) is 9.46 Å². The van der Waals surface area contributed by atoms with Crippen LogP contribution in [0.3, 0.4) is 0 Å². The zero-order chi connectivity index (χ0) is 13.2. The van der Waals surface area contributed by atoms with Crippen molar-refractivity contribution in [1.82, 2.24) is 0 Å². The second-order valence-electron chi connectivity index (χ2n) is 3.81. The minimum Gasteiger partial charge on any atom is -0.356 e. The SMILES string of the molecule is [NH3+]C[C@H](c1ccc(Cl)cc1)S(=O)(=O)c1cccs1. The lowest BCUT2D eigenvalue weighted by Gasteiger charge is -2.13. The standard InChI is InChI=1S/C12H12ClNO2S2/c13-10-5-3-9(4-6-10)11(8-14)18(15,16)12-2-1-7-17-12/h1-7,11H,8,14H2/p+1/t11-/m1/s1. The van der Waals surface area contributed by atoms with Gasteiger partial charge < -0.3 is 5.73 Å². The van der Waals surface area contributed by atoms with Gasteiger partial charge in [-0.25, -0.2) is 8.42 Å². The first-order valence-electron chi connectivity index (χ1n) is 5.38. The van der Waals surface area contributed by atoms with Crippen molar-refractivity contribution in [1.29, 1.82) is 0 Å². The number of halogens is 1. The van der Waals surface area contributed by atoms with Crippen LogP contribution in [0.15, 0.2) is 46.0 Å². The molecule has 0 aliphatic rings. The first-order chi connectivity index (χ1) is 8.55. The summed E-state index contributed by atoms with van der Waals surface area (Å²) in [5.41, 5.74) is 4.48. The molecule has 1 heterocycles. The molecule has 0 bridgehead atoms. The molecule has 96 valence electrons. The smallest absolute Gasteiger partial charge is 0.200 e. The van der Waals surface area contributed by atoms with E-state index in [0.29, 0.717) is 15.8 Å². The van der Waals surface area contributed by atoms with Crippen molar-refractivity contribution in [3.05, 3.63) is 52.4 Å². The summed E-state index contributed by atoms with van der Waals surface area (Å²) in [6.45, 7) is 0.294. The molecule has 0 saturated carbocycles. The fourth-order valence-electron chi connectivity index (χ4n) is 1.74. The summed E-state index contributed by atoms with van der Waals surface area (Å²) in [6.07, 6.45) is 0. The van der Waals surface area contributed by atoms with Gasteiger partial charge in [0.25, 0.3) is 0 Å². The lowest BCUT2D eigenvalue weighted by molar-refractivity contribution is -0.367. The van der Waals surface area contributed by atoms with Gasteiger partial charge in [0, 0.05) is 5.02 Å². The van der Waals surface area contributed by atoms with Gasteiger partial charge in [0.1, 0.15) is 9.46 Å². The fraction of sp³-hybridized carbons (Fsp3) is 0.167. The van der Waals surface area contributed by atoms with Gasteiger partial charge in [0.15, 0.2) is 9.84 Å². The van der Waals surface area contributed by atoms with Gasteiger partial charge >= 0.3 is 0 Å². The van der Waals surface area contributed by atoms with Crippen molar-refractivity contribution in [2.24, 2.45) is 0 Å². The van der Waals surface area contributed by atoms with Crippen LogP contribution in [0, 0.1) is 0 Å². The average Bonchev–Trinajstić information content (AvgIpc) is 2.86. The molecule has 0 saturated heterocycles. The van der Waals surface area contributed by atoms with Crippen LogP contribution in [0.5, 0.6) is 0 Å². The third-order valence-electron chi connectivity index (χ3n) is 2.65. The highest BCUT2D eigenvalue weighted by atomic mass is 35.5. The normalized spacial score (nSPS) is 13.4. The van der Waals surface area contributed by atoms with E-state index in [1.54, 1.807) is 41.8 Å². The zero-order valence-electron chi connectivity index (χ0n) is 9.54. The molecule has 18 heavy (non-hydrogen) atoms. The predicted octanol–water partition coefficient (Wildman–Crippen LogP) is 2.16. The lowest BCUT2D eigenvalue weighted by Crippen LogP contribution is -2.54.